The van der Waals surface area contributed by atoms with Crippen LogP contribution in [0.1, 0.15) is 44.1 Å². The number of pyridine rings is 1. The molecule has 0 spiro atoms. The first-order chi connectivity index (χ1) is 9.56. The minimum atomic E-state index is -0.997. The van der Waals surface area contributed by atoms with Crippen LogP contribution in [0.3, 0.4) is 0 Å². The zero-order valence-corrected chi connectivity index (χ0v) is 12.6. The fourth-order valence-electron chi connectivity index (χ4n) is 2.15. The maximum absolute atomic E-state index is 10.9. The van der Waals surface area contributed by atoms with Crippen LogP contribution in [-0.2, 0) is 0 Å². The summed E-state index contributed by atoms with van der Waals surface area (Å²) >= 11 is 0. The van der Waals surface area contributed by atoms with Crippen LogP contribution in [0.5, 0.6) is 0 Å². The van der Waals surface area contributed by atoms with Crippen molar-refractivity contribution in [2.75, 3.05) is 25.0 Å². The Morgan fingerprint density at radius 2 is 2.15 bits per heavy atom. The van der Waals surface area contributed by atoms with Crippen LogP contribution in [-0.4, -0.2) is 46.6 Å². The quantitative estimate of drug-likeness (QED) is 0.727. The number of aromatic carboxylic acids is 1. The lowest BCUT2D eigenvalue weighted by Crippen LogP contribution is -2.25. The van der Waals surface area contributed by atoms with Gasteiger partial charge in [-0.25, -0.2) is 9.78 Å². The molecule has 0 aliphatic carbocycles. The van der Waals surface area contributed by atoms with E-state index in [2.05, 4.69) is 36.0 Å². The fourth-order valence-corrected chi connectivity index (χ4v) is 2.15. The van der Waals surface area contributed by atoms with E-state index < -0.39 is 5.97 Å². The zero-order valence-electron chi connectivity index (χ0n) is 12.6. The molecule has 0 aromatic carbocycles. The van der Waals surface area contributed by atoms with E-state index in [1.807, 2.05) is 0 Å². The Morgan fingerprint density at radius 3 is 2.75 bits per heavy atom. The normalized spacial score (nSPS) is 12.4. The number of nitrogens with zero attached hydrogens (tertiary/aromatic N) is 2. The molecule has 1 heterocycles. The molecule has 2 N–H and O–H groups in total. The molecular weight excluding hydrogens is 254 g/mol. The summed E-state index contributed by atoms with van der Waals surface area (Å²) in [4.78, 5) is 17.1. The molecule has 5 nitrogen and oxygen atoms in total. The topological polar surface area (TPSA) is 65.5 Å². The van der Waals surface area contributed by atoms with Crippen LogP contribution in [0, 0.1) is 0 Å². The van der Waals surface area contributed by atoms with Gasteiger partial charge in [0.2, 0.25) is 0 Å². The molecule has 5 heteroatoms. The SMILES string of the molecule is CCN(CC)CCCC(C)Nc1ccnc(C(=O)O)c1. The maximum atomic E-state index is 10.9. The third-order valence-corrected chi connectivity index (χ3v) is 3.40. The van der Waals surface area contributed by atoms with Crippen molar-refractivity contribution in [1.29, 1.82) is 0 Å². The maximum Gasteiger partial charge on any atom is 0.354 e. The summed E-state index contributed by atoms with van der Waals surface area (Å²) in [5.74, 6) is -0.997. The van der Waals surface area contributed by atoms with E-state index in [1.165, 1.54) is 6.20 Å². The average Bonchev–Trinajstić information content (AvgIpc) is 2.44. The highest BCUT2D eigenvalue weighted by Gasteiger charge is 2.07. The standard InChI is InChI=1S/C15H25N3O2/c1-4-18(5-2)10-6-7-12(3)17-13-8-9-16-14(11-13)15(19)20/h8-9,11-12H,4-7,10H2,1-3H3,(H,16,17)(H,19,20). The second kappa shape index (κ2) is 8.53. The number of carboxylic acid groups (broad SMARTS) is 1. The number of hydrogen-bond acceptors (Lipinski definition) is 4. The minimum Gasteiger partial charge on any atom is -0.477 e. The predicted octanol–water partition coefficient (Wildman–Crippen LogP) is 2.70. The number of hydrogen-bond donors (Lipinski definition) is 2. The van der Waals surface area contributed by atoms with Gasteiger partial charge in [-0.1, -0.05) is 13.8 Å². The summed E-state index contributed by atoms with van der Waals surface area (Å²) < 4.78 is 0. The Kier molecular flexibility index (Phi) is 7.01. The Labute approximate surface area is 121 Å². The zero-order chi connectivity index (χ0) is 15.0. The Bertz CT molecular complexity index is 419. The second-order valence-corrected chi connectivity index (χ2v) is 4.95. The highest BCUT2D eigenvalue weighted by atomic mass is 16.4. The van der Waals surface area contributed by atoms with E-state index >= 15 is 0 Å². The van der Waals surface area contributed by atoms with Crippen molar-refractivity contribution in [3.05, 3.63) is 24.0 Å². The van der Waals surface area contributed by atoms with E-state index in [-0.39, 0.29) is 5.69 Å². The van der Waals surface area contributed by atoms with E-state index in [0.717, 1.165) is 38.2 Å². The van der Waals surface area contributed by atoms with E-state index in [0.29, 0.717) is 6.04 Å². The summed E-state index contributed by atoms with van der Waals surface area (Å²) in [5.41, 5.74) is 0.887. The monoisotopic (exact) mass is 279 g/mol. The number of anilines is 1. The highest BCUT2D eigenvalue weighted by Crippen LogP contribution is 2.12. The van der Waals surface area contributed by atoms with Gasteiger partial charge in [-0.05, 0) is 51.5 Å². The largest absolute Gasteiger partial charge is 0.477 e. The van der Waals surface area contributed by atoms with E-state index in [1.54, 1.807) is 12.1 Å². The van der Waals surface area contributed by atoms with Gasteiger partial charge >= 0.3 is 5.97 Å². The molecule has 0 aliphatic heterocycles. The van der Waals surface area contributed by atoms with Crippen molar-refractivity contribution in [1.82, 2.24) is 9.88 Å². The molecule has 0 aliphatic rings. The van der Waals surface area contributed by atoms with Gasteiger partial charge in [-0.15, -0.1) is 0 Å². The van der Waals surface area contributed by atoms with Crippen LogP contribution >= 0.6 is 0 Å². The molecule has 0 radical (unpaired) electrons. The van der Waals surface area contributed by atoms with Gasteiger partial charge in [-0.2, -0.15) is 0 Å². The van der Waals surface area contributed by atoms with Crippen molar-refractivity contribution in [3.8, 4) is 0 Å². The predicted molar refractivity (Wildman–Crippen MR) is 81.3 cm³/mol. The van der Waals surface area contributed by atoms with Gasteiger partial charge in [0.25, 0.3) is 0 Å². The third-order valence-electron chi connectivity index (χ3n) is 3.40. The lowest BCUT2D eigenvalue weighted by atomic mass is 10.1. The summed E-state index contributed by atoms with van der Waals surface area (Å²) in [5, 5.41) is 12.2. The Balaban J connectivity index is 2.40. The first kappa shape index (κ1) is 16.4. The van der Waals surface area contributed by atoms with Crippen molar-refractivity contribution in [2.45, 2.75) is 39.7 Å². The summed E-state index contributed by atoms with van der Waals surface area (Å²) in [6, 6.07) is 3.69. The molecule has 112 valence electrons. The lowest BCUT2D eigenvalue weighted by molar-refractivity contribution is 0.0690. The molecule has 0 saturated heterocycles. The molecule has 1 rings (SSSR count). The van der Waals surface area contributed by atoms with Crippen molar-refractivity contribution in [3.63, 3.8) is 0 Å². The summed E-state index contributed by atoms with van der Waals surface area (Å²) in [6.45, 7) is 9.75. The van der Waals surface area contributed by atoms with Crippen LogP contribution in [0.25, 0.3) is 0 Å². The second-order valence-electron chi connectivity index (χ2n) is 4.95. The first-order valence-electron chi connectivity index (χ1n) is 7.25. The van der Waals surface area contributed by atoms with Gasteiger partial charge in [0.1, 0.15) is 5.69 Å². The first-order valence-corrected chi connectivity index (χ1v) is 7.25. The van der Waals surface area contributed by atoms with Crippen molar-refractivity contribution >= 4 is 11.7 Å². The van der Waals surface area contributed by atoms with Crippen LogP contribution in [0.15, 0.2) is 18.3 Å². The highest BCUT2D eigenvalue weighted by molar-refractivity contribution is 5.86. The molecule has 0 fully saturated rings. The molecule has 1 unspecified atom stereocenters. The smallest absolute Gasteiger partial charge is 0.354 e. The van der Waals surface area contributed by atoms with Crippen molar-refractivity contribution < 1.29 is 9.90 Å². The van der Waals surface area contributed by atoms with Crippen LogP contribution < -0.4 is 5.32 Å². The number of carboxylic acids is 1. The Morgan fingerprint density at radius 1 is 1.45 bits per heavy atom. The molecule has 1 aromatic heterocycles. The fraction of sp³-hybridized carbons (Fsp3) is 0.600. The molecule has 1 aromatic rings. The summed E-state index contributed by atoms with van der Waals surface area (Å²) in [7, 11) is 0. The van der Waals surface area contributed by atoms with Gasteiger partial charge in [-0.3, -0.25) is 0 Å². The van der Waals surface area contributed by atoms with Crippen LogP contribution in [0.2, 0.25) is 0 Å². The van der Waals surface area contributed by atoms with E-state index in [4.69, 9.17) is 5.11 Å². The molecule has 1 atom stereocenters. The molecule has 0 bridgehead atoms. The molecule has 20 heavy (non-hydrogen) atoms. The lowest BCUT2D eigenvalue weighted by Gasteiger charge is -2.20. The minimum absolute atomic E-state index is 0.0744. The number of nitrogens with one attached hydrogen (secondary N) is 1. The van der Waals surface area contributed by atoms with Gasteiger partial charge < -0.3 is 15.3 Å². The molecular formula is C15H25N3O2. The Hall–Kier alpha value is -1.62. The van der Waals surface area contributed by atoms with E-state index in [9.17, 15) is 4.79 Å². The number of rotatable bonds is 9. The van der Waals surface area contributed by atoms with Crippen LogP contribution in [0.4, 0.5) is 5.69 Å². The average molecular weight is 279 g/mol. The third kappa shape index (κ3) is 5.57. The van der Waals surface area contributed by atoms with Gasteiger partial charge in [0.15, 0.2) is 0 Å². The molecule has 0 amide bonds. The van der Waals surface area contributed by atoms with Gasteiger partial charge in [0.05, 0.1) is 0 Å². The summed E-state index contributed by atoms with van der Waals surface area (Å²) in [6.07, 6.45) is 3.71. The number of aromatic nitrogens is 1. The number of carbonyl (C=O) groups is 1. The van der Waals surface area contributed by atoms with Gasteiger partial charge in [0, 0.05) is 17.9 Å². The molecule has 0 saturated carbocycles. The van der Waals surface area contributed by atoms with Crippen molar-refractivity contribution in [2.24, 2.45) is 0 Å².